The molecule has 0 saturated heterocycles. The van der Waals surface area contributed by atoms with Crippen molar-refractivity contribution in [3.05, 3.63) is 59.4 Å². The number of pyridine rings is 1. The maximum Gasteiger partial charge on any atom is 0.175 e. The molecule has 5 nitrogen and oxygen atoms in total. The summed E-state index contributed by atoms with van der Waals surface area (Å²) in [5.41, 5.74) is 1.70. The number of carbonyl (C=O) groups excluding carboxylic acids is 1. The van der Waals surface area contributed by atoms with Crippen molar-refractivity contribution in [1.82, 2.24) is 4.98 Å². The second-order valence-electron chi connectivity index (χ2n) is 4.71. The number of benzene rings is 1. The topological polar surface area (TPSA) is 84.3 Å². The second kappa shape index (κ2) is 6.15. The third-order valence-electron chi connectivity index (χ3n) is 3.02. The van der Waals surface area contributed by atoms with Crippen LogP contribution in [0.25, 0.3) is 0 Å². The van der Waals surface area contributed by atoms with E-state index in [4.69, 9.17) is 5.11 Å². The van der Waals surface area contributed by atoms with E-state index in [1.807, 2.05) is 0 Å². The van der Waals surface area contributed by atoms with Gasteiger partial charge in [-0.3, -0.25) is 9.78 Å². The van der Waals surface area contributed by atoms with Gasteiger partial charge in [-0.1, -0.05) is 12.1 Å². The quantitative estimate of drug-likeness (QED) is 0.844. The molecule has 0 fully saturated rings. The van der Waals surface area contributed by atoms with Crippen molar-refractivity contribution in [2.24, 2.45) is 0 Å². The zero-order chi connectivity index (χ0) is 15.5. The standard InChI is InChI=1S/C15H15NO4S/c1-21(19,20)14-6-2-11(3-7-14)8-15(18)12-4-5-13(10-17)16-9-12/h2-7,9,17H,8,10H2,1H3. The number of carbonyl (C=O) groups is 1. The number of ketones is 1. The normalized spacial score (nSPS) is 11.3. The van der Waals surface area contributed by atoms with Gasteiger partial charge in [-0.2, -0.15) is 0 Å². The number of rotatable bonds is 5. The minimum Gasteiger partial charge on any atom is -0.390 e. The molecule has 0 saturated carbocycles. The van der Waals surface area contributed by atoms with E-state index in [0.717, 1.165) is 11.8 Å². The first kappa shape index (κ1) is 15.3. The van der Waals surface area contributed by atoms with Crippen LogP contribution in [0, 0.1) is 0 Å². The number of hydrogen-bond acceptors (Lipinski definition) is 5. The lowest BCUT2D eigenvalue weighted by Gasteiger charge is -2.04. The number of Topliss-reactive ketones (excluding diaryl/α,β-unsaturated/α-hetero) is 1. The molecule has 0 unspecified atom stereocenters. The molecular weight excluding hydrogens is 290 g/mol. The molecule has 110 valence electrons. The van der Waals surface area contributed by atoms with Crippen LogP contribution in [0.5, 0.6) is 0 Å². The molecule has 6 heteroatoms. The smallest absolute Gasteiger partial charge is 0.175 e. The predicted molar refractivity (Wildman–Crippen MR) is 77.7 cm³/mol. The predicted octanol–water partition coefficient (Wildman–Crippen LogP) is 1.40. The summed E-state index contributed by atoms with van der Waals surface area (Å²) < 4.78 is 22.7. The average molecular weight is 305 g/mol. The van der Waals surface area contributed by atoms with Crippen LogP contribution in [-0.4, -0.2) is 30.5 Å². The van der Waals surface area contributed by atoms with Gasteiger partial charge in [0.15, 0.2) is 15.6 Å². The molecule has 2 aromatic rings. The number of aliphatic hydroxyl groups is 1. The number of aromatic nitrogens is 1. The van der Waals surface area contributed by atoms with Gasteiger partial charge in [-0.15, -0.1) is 0 Å². The Kier molecular flexibility index (Phi) is 4.50. The van der Waals surface area contributed by atoms with Crippen LogP contribution in [-0.2, 0) is 22.9 Å². The Labute approximate surface area is 123 Å². The fourth-order valence-electron chi connectivity index (χ4n) is 1.82. The van der Waals surface area contributed by atoms with Gasteiger partial charge in [0, 0.05) is 24.4 Å². The molecule has 0 atom stereocenters. The number of hydrogen-bond donors (Lipinski definition) is 1. The van der Waals surface area contributed by atoms with Gasteiger partial charge in [-0.25, -0.2) is 8.42 Å². The molecule has 0 aliphatic heterocycles. The van der Waals surface area contributed by atoms with E-state index in [0.29, 0.717) is 11.3 Å². The molecule has 1 heterocycles. The van der Waals surface area contributed by atoms with Crippen molar-refractivity contribution in [1.29, 1.82) is 0 Å². The van der Waals surface area contributed by atoms with Crippen molar-refractivity contribution >= 4 is 15.6 Å². The van der Waals surface area contributed by atoms with Gasteiger partial charge in [-0.05, 0) is 29.8 Å². The maximum absolute atomic E-state index is 12.1. The number of aliphatic hydroxyl groups excluding tert-OH is 1. The zero-order valence-electron chi connectivity index (χ0n) is 11.5. The Hall–Kier alpha value is -2.05. The van der Waals surface area contributed by atoms with Crippen molar-refractivity contribution in [3.8, 4) is 0 Å². The van der Waals surface area contributed by atoms with E-state index in [2.05, 4.69) is 4.98 Å². The Morgan fingerprint density at radius 3 is 2.29 bits per heavy atom. The molecular formula is C15H15NO4S. The zero-order valence-corrected chi connectivity index (χ0v) is 12.3. The van der Waals surface area contributed by atoms with Crippen molar-refractivity contribution < 1.29 is 18.3 Å². The van der Waals surface area contributed by atoms with E-state index < -0.39 is 9.84 Å². The molecule has 1 aromatic carbocycles. The van der Waals surface area contributed by atoms with Crippen molar-refractivity contribution in [2.75, 3.05) is 6.26 Å². The lowest BCUT2D eigenvalue weighted by molar-refractivity contribution is 0.0992. The summed E-state index contributed by atoms with van der Waals surface area (Å²) in [4.78, 5) is 16.3. The molecule has 1 N–H and O–H groups in total. The fourth-order valence-corrected chi connectivity index (χ4v) is 2.46. The van der Waals surface area contributed by atoms with E-state index >= 15 is 0 Å². The van der Waals surface area contributed by atoms with Crippen LogP contribution < -0.4 is 0 Å². The third-order valence-corrected chi connectivity index (χ3v) is 4.15. The van der Waals surface area contributed by atoms with Crippen LogP contribution in [0.15, 0.2) is 47.5 Å². The highest BCUT2D eigenvalue weighted by atomic mass is 32.2. The van der Waals surface area contributed by atoms with Gasteiger partial charge in [0.1, 0.15) is 0 Å². The Morgan fingerprint density at radius 2 is 1.81 bits per heavy atom. The molecule has 0 amide bonds. The molecule has 0 aliphatic carbocycles. The van der Waals surface area contributed by atoms with E-state index in [-0.39, 0.29) is 23.7 Å². The first-order valence-corrected chi connectivity index (χ1v) is 8.17. The summed E-state index contributed by atoms with van der Waals surface area (Å²) in [6.07, 6.45) is 2.74. The number of sulfone groups is 1. The molecule has 0 aliphatic rings. The Morgan fingerprint density at radius 1 is 1.14 bits per heavy atom. The van der Waals surface area contributed by atoms with E-state index in [9.17, 15) is 13.2 Å². The highest BCUT2D eigenvalue weighted by Crippen LogP contribution is 2.12. The summed E-state index contributed by atoms with van der Waals surface area (Å²) in [5.74, 6) is -0.112. The summed E-state index contributed by atoms with van der Waals surface area (Å²) >= 11 is 0. The van der Waals surface area contributed by atoms with Crippen LogP contribution in [0.3, 0.4) is 0 Å². The molecule has 1 aromatic heterocycles. The first-order valence-electron chi connectivity index (χ1n) is 6.28. The molecule has 21 heavy (non-hydrogen) atoms. The lowest BCUT2D eigenvalue weighted by atomic mass is 10.0. The molecule has 0 bridgehead atoms. The third kappa shape index (κ3) is 3.96. The molecule has 2 rings (SSSR count). The minimum atomic E-state index is -3.23. The van der Waals surface area contributed by atoms with E-state index in [1.54, 1.807) is 24.3 Å². The SMILES string of the molecule is CS(=O)(=O)c1ccc(CC(=O)c2ccc(CO)nc2)cc1. The van der Waals surface area contributed by atoms with Crippen LogP contribution in [0.2, 0.25) is 0 Å². The van der Waals surface area contributed by atoms with Crippen LogP contribution in [0.4, 0.5) is 0 Å². The monoisotopic (exact) mass is 305 g/mol. The van der Waals surface area contributed by atoms with Crippen LogP contribution >= 0.6 is 0 Å². The van der Waals surface area contributed by atoms with Crippen molar-refractivity contribution in [2.45, 2.75) is 17.9 Å². The largest absolute Gasteiger partial charge is 0.390 e. The summed E-state index contributed by atoms with van der Waals surface area (Å²) in [6.45, 7) is -0.165. The van der Waals surface area contributed by atoms with Gasteiger partial charge >= 0.3 is 0 Å². The highest BCUT2D eigenvalue weighted by Gasteiger charge is 2.10. The maximum atomic E-state index is 12.1. The lowest BCUT2D eigenvalue weighted by Crippen LogP contribution is -2.05. The second-order valence-corrected chi connectivity index (χ2v) is 6.73. The Bertz CT molecular complexity index is 734. The van der Waals surface area contributed by atoms with Crippen molar-refractivity contribution in [3.63, 3.8) is 0 Å². The number of nitrogens with zero attached hydrogens (tertiary/aromatic N) is 1. The van der Waals surface area contributed by atoms with Gasteiger partial charge in [0.05, 0.1) is 17.2 Å². The van der Waals surface area contributed by atoms with Gasteiger partial charge in [0.25, 0.3) is 0 Å². The molecule has 0 radical (unpaired) electrons. The minimum absolute atomic E-state index is 0.112. The summed E-state index contributed by atoms with van der Waals surface area (Å²) in [6, 6.07) is 9.45. The summed E-state index contributed by atoms with van der Waals surface area (Å²) in [5, 5.41) is 8.90. The fraction of sp³-hybridized carbons (Fsp3) is 0.200. The first-order chi connectivity index (χ1) is 9.90. The molecule has 0 spiro atoms. The summed E-state index contributed by atoms with van der Waals surface area (Å²) in [7, 11) is -3.23. The van der Waals surface area contributed by atoms with E-state index in [1.165, 1.54) is 18.3 Å². The Balaban J connectivity index is 2.12. The van der Waals surface area contributed by atoms with Gasteiger partial charge in [0.2, 0.25) is 0 Å². The van der Waals surface area contributed by atoms with Gasteiger partial charge < -0.3 is 5.11 Å². The highest BCUT2D eigenvalue weighted by molar-refractivity contribution is 7.90. The van der Waals surface area contributed by atoms with Crippen LogP contribution in [0.1, 0.15) is 21.6 Å². The average Bonchev–Trinajstić information content (AvgIpc) is 2.47.